The van der Waals surface area contributed by atoms with Gasteiger partial charge in [0.25, 0.3) is 0 Å². The van der Waals surface area contributed by atoms with E-state index in [1.54, 1.807) is 20.8 Å². The maximum atomic E-state index is 12.0. The number of hydrogen-bond donors (Lipinski definition) is 2. The average Bonchev–Trinajstić information content (AvgIpc) is 2.73. The van der Waals surface area contributed by atoms with Gasteiger partial charge in [0.1, 0.15) is 4.90 Å². The summed E-state index contributed by atoms with van der Waals surface area (Å²) in [5, 5.41) is 11.5. The zero-order chi connectivity index (χ0) is 15.5. The molecule has 0 saturated heterocycles. The number of carbonyl (C=O) groups excluding carboxylic acids is 1. The second-order valence-corrected chi connectivity index (χ2v) is 6.52. The highest BCUT2D eigenvalue weighted by Crippen LogP contribution is 2.24. The number of ether oxygens (including phenoxy) is 1. The number of nitrogens with zero attached hydrogens (tertiary/aromatic N) is 1. The third-order valence-corrected chi connectivity index (χ3v) is 3.79. The number of esters is 1. The van der Waals surface area contributed by atoms with Crippen LogP contribution in [-0.4, -0.2) is 30.7 Å². The van der Waals surface area contributed by atoms with Gasteiger partial charge >= 0.3 is 5.97 Å². The summed E-state index contributed by atoms with van der Waals surface area (Å²) in [5.74, 6) is -0.941. The summed E-state index contributed by atoms with van der Waals surface area (Å²) in [5.41, 5.74) is 0.0294. The zero-order valence-corrected chi connectivity index (χ0v) is 13.0. The van der Waals surface area contributed by atoms with E-state index < -0.39 is 16.0 Å². The van der Waals surface area contributed by atoms with Crippen LogP contribution < -0.4 is 5.14 Å². The summed E-state index contributed by atoms with van der Waals surface area (Å²) >= 11 is 0. The molecule has 0 aliphatic rings. The van der Waals surface area contributed by atoms with Crippen molar-refractivity contribution in [1.82, 2.24) is 10.2 Å². The normalized spacial score (nSPS) is 13.5. The van der Waals surface area contributed by atoms with Crippen LogP contribution in [-0.2, 0) is 14.8 Å². The molecule has 0 radical (unpaired) electrons. The van der Waals surface area contributed by atoms with Gasteiger partial charge in [-0.3, -0.25) is 5.10 Å². The number of nitrogens with one attached hydrogen (secondary N) is 1. The Hall–Kier alpha value is -1.41. The van der Waals surface area contributed by atoms with Crippen LogP contribution in [0.25, 0.3) is 0 Å². The van der Waals surface area contributed by atoms with Gasteiger partial charge in [0.05, 0.1) is 11.8 Å². The molecule has 1 aromatic rings. The van der Waals surface area contributed by atoms with Crippen LogP contribution >= 0.6 is 0 Å². The largest absolute Gasteiger partial charge is 0.458 e. The number of rotatable bonds is 6. The van der Waals surface area contributed by atoms with Gasteiger partial charge in [-0.1, -0.05) is 27.2 Å². The second kappa shape index (κ2) is 6.36. The maximum absolute atomic E-state index is 12.0. The fourth-order valence-corrected chi connectivity index (χ4v) is 2.85. The first-order valence-corrected chi connectivity index (χ1v) is 8.05. The summed E-state index contributed by atoms with van der Waals surface area (Å²) < 4.78 is 28.5. The second-order valence-electron chi connectivity index (χ2n) is 5.02. The molecular formula is C12H21N3O4S. The highest BCUT2D eigenvalue weighted by atomic mass is 32.2. The van der Waals surface area contributed by atoms with Crippen molar-refractivity contribution < 1.29 is 17.9 Å². The molecule has 1 unspecified atom stereocenters. The van der Waals surface area contributed by atoms with Crippen LogP contribution in [0, 0.1) is 0 Å². The molecule has 0 amide bonds. The Balaban J connectivity index is 3.16. The molecule has 7 nitrogen and oxygen atoms in total. The predicted molar refractivity (Wildman–Crippen MR) is 73.8 cm³/mol. The first-order valence-electron chi connectivity index (χ1n) is 6.50. The van der Waals surface area contributed by atoms with Crippen molar-refractivity contribution >= 4 is 16.0 Å². The smallest absolute Gasteiger partial charge is 0.360 e. The molecule has 20 heavy (non-hydrogen) atoms. The van der Waals surface area contributed by atoms with Crippen molar-refractivity contribution in [3.8, 4) is 0 Å². The molecule has 1 aromatic heterocycles. The van der Waals surface area contributed by atoms with Crippen molar-refractivity contribution in [3.63, 3.8) is 0 Å². The van der Waals surface area contributed by atoms with E-state index in [1.807, 2.05) is 6.92 Å². The zero-order valence-electron chi connectivity index (χ0n) is 12.1. The molecule has 0 aromatic carbocycles. The van der Waals surface area contributed by atoms with Gasteiger partial charge in [-0.05, 0) is 19.3 Å². The summed E-state index contributed by atoms with van der Waals surface area (Å²) in [6.45, 7) is 7.26. The highest BCUT2D eigenvalue weighted by molar-refractivity contribution is 7.89. The fraction of sp³-hybridized carbons (Fsp3) is 0.667. The Bertz CT molecular complexity index is 578. The monoisotopic (exact) mass is 303 g/mol. The lowest BCUT2D eigenvalue weighted by Gasteiger charge is -2.11. The molecule has 3 N–H and O–H groups in total. The summed E-state index contributed by atoms with van der Waals surface area (Å²) in [7, 11) is -4.05. The predicted octanol–water partition coefficient (Wildman–Crippen LogP) is 1.53. The minimum atomic E-state index is -4.05. The van der Waals surface area contributed by atoms with E-state index in [9.17, 15) is 13.2 Å². The van der Waals surface area contributed by atoms with Gasteiger partial charge < -0.3 is 4.74 Å². The molecule has 0 fully saturated rings. The average molecular weight is 303 g/mol. The van der Waals surface area contributed by atoms with E-state index in [2.05, 4.69) is 10.2 Å². The SMILES string of the molecule is CCCC(C)OC(=O)c1n[nH]c(C(C)C)c1S(N)(=O)=O. The van der Waals surface area contributed by atoms with Crippen LogP contribution in [0.1, 0.15) is 62.6 Å². The van der Waals surface area contributed by atoms with Crippen molar-refractivity contribution in [2.24, 2.45) is 5.14 Å². The molecular weight excluding hydrogens is 282 g/mol. The lowest BCUT2D eigenvalue weighted by Crippen LogP contribution is -2.21. The Kier molecular flexibility index (Phi) is 5.29. The quantitative estimate of drug-likeness (QED) is 0.773. The van der Waals surface area contributed by atoms with Crippen molar-refractivity contribution in [3.05, 3.63) is 11.4 Å². The topological polar surface area (TPSA) is 115 Å². The first-order chi connectivity index (χ1) is 9.18. The Morgan fingerprint density at radius 2 is 2.00 bits per heavy atom. The van der Waals surface area contributed by atoms with Gasteiger partial charge in [0, 0.05) is 0 Å². The molecule has 0 aliphatic heterocycles. The minimum absolute atomic E-state index is 0.162. The molecule has 1 atom stereocenters. The van der Waals surface area contributed by atoms with Crippen molar-refractivity contribution in [2.75, 3.05) is 0 Å². The fourth-order valence-electron chi connectivity index (χ4n) is 1.87. The lowest BCUT2D eigenvalue weighted by atomic mass is 10.1. The third kappa shape index (κ3) is 3.80. The first kappa shape index (κ1) is 16.6. The summed E-state index contributed by atoms with van der Waals surface area (Å²) in [4.78, 5) is 11.7. The Labute approximate surface area is 118 Å². The van der Waals surface area contributed by atoms with Crippen LogP contribution in [0.15, 0.2) is 4.90 Å². The van der Waals surface area contributed by atoms with Crippen LogP contribution in [0.5, 0.6) is 0 Å². The lowest BCUT2D eigenvalue weighted by molar-refractivity contribution is 0.0312. The van der Waals surface area contributed by atoms with Gasteiger partial charge in [-0.2, -0.15) is 5.10 Å². The van der Waals surface area contributed by atoms with Crippen molar-refractivity contribution in [1.29, 1.82) is 0 Å². The van der Waals surface area contributed by atoms with Crippen LogP contribution in [0.2, 0.25) is 0 Å². The summed E-state index contributed by atoms with van der Waals surface area (Å²) in [6.07, 6.45) is 1.24. The molecule has 8 heteroatoms. The third-order valence-electron chi connectivity index (χ3n) is 2.81. The van der Waals surface area contributed by atoms with E-state index in [-0.39, 0.29) is 22.6 Å². The number of H-pyrrole nitrogens is 1. The van der Waals surface area contributed by atoms with Crippen LogP contribution in [0.3, 0.4) is 0 Å². The molecule has 0 aliphatic carbocycles. The van der Waals surface area contributed by atoms with Gasteiger partial charge in [0.2, 0.25) is 10.0 Å². The Morgan fingerprint density at radius 3 is 2.45 bits per heavy atom. The van der Waals surface area contributed by atoms with Crippen molar-refractivity contribution in [2.45, 2.75) is 57.5 Å². The Morgan fingerprint density at radius 1 is 1.40 bits per heavy atom. The molecule has 114 valence electrons. The molecule has 0 bridgehead atoms. The number of hydrogen-bond acceptors (Lipinski definition) is 5. The molecule has 0 spiro atoms. The summed E-state index contributed by atoms with van der Waals surface area (Å²) in [6, 6.07) is 0. The molecule has 1 rings (SSSR count). The maximum Gasteiger partial charge on any atom is 0.360 e. The van der Waals surface area contributed by atoms with Crippen LogP contribution in [0.4, 0.5) is 0 Å². The number of primary sulfonamides is 1. The van der Waals surface area contributed by atoms with Gasteiger partial charge in [-0.15, -0.1) is 0 Å². The molecule has 1 heterocycles. The van der Waals surface area contributed by atoms with E-state index >= 15 is 0 Å². The number of sulfonamides is 1. The van der Waals surface area contributed by atoms with E-state index in [0.29, 0.717) is 12.1 Å². The van der Waals surface area contributed by atoms with E-state index in [1.165, 1.54) is 0 Å². The highest BCUT2D eigenvalue weighted by Gasteiger charge is 2.30. The number of carbonyl (C=O) groups is 1. The van der Waals surface area contributed by atoms with Gasteiger partial charge in [0.15, 0.2) is 5.69 Å². The standard InChI is InChI=1S/C12H21N3O4S/c1-5-6-8(4)19-12(16)10-11(20(13,17)18)9(7(2)3)14-15-10/h7-8H,5-6H2,1-4H3,(H,14,15)(H2,13,17,18). The number of aromatic amines is 1. The number of nitrogens with two attached hydrogens (primary N) is 1. The van der Waals surface area contributed by atoms with E-state index in [4.69, 9.17) is 9.88 Å². The van der Waals surface area contributed by atoms with E-state index in [0.717, 1.165) is 6.42 Å². The minimum Gasteiger partial charge on any atom is -0.458 e. The molecule has 0 saturated carbocycles. The van der Waals surface area contributed by atoms with Gasteiger partial charge in [-0.25, -0.2) is 18.4 Å². The number of aromatic nitrogens is 2.